The molecule has 3 nitrogen and oxygen atoms in total. The van der Waals surface area contributed by atoms with E-state index in [1.54, 1.807) is 0 Å². The molecule has 2 rings (SSSR count). The highest BCUT2D eigenvalue weighted by Crippen LogP contribution is 2.40. The average Bonchev–Trinajstić information content (AvgIpc) is 2.28. The first kappa shape index (κ1) is 12.9. The number of hydrogen-bond acceptors (Lipinski definition) is 2. The third-order valence-electron chi connectivity index (χ3n) is 4.67. The van der Waals surface area contributed by atoms with E-state index in [0.717, 1.165) is 30.7 Å². The molecular formula is C14H26N2O. The van der Waals surface area contributed by atoms with Crippen LogP contribution in [0.2, 0.25) is 0 Å². The number of carbonyl (C=O) groups excluding carboxylic acids is 1. The fourth-order valence-corrected chi connectivity index (χ4v) is 3.99. The number of rotatable bonds is 2. The van der Waals surface area contributed by atoms with Gasteiger partial charge < -0.3 is 11.1 Å². The Morgan fingerprint density at radius 1 is 1.06 bits per heavy atom. The van der Waals surface area contributed by atoms with Crippen molar-refractivity contribution in [2.24, 2.45) is 29.4 Å². The van der Waals surface area contributed by atoms with Gasteiger partial charge in [0.15, 0.2) is 0 Å². The highest BCUT2D eigenvalue weighted by Gasteiger charge is 2.34. The minimum Gasteiger partial charge on any atom is -0.368 e. The predicted molar refractivity (Wildman–Crippen MR) is 69.4 cm³/mol. The average molecular weight is 238 g/mol. The van der Waals surface area contributed by atoms with E-state index < -0.39 is 0 Å². The van der Waals surface area contributed by atoms with Gasteiger partial charge in [0.2, 0.25) is 5.91 Å². The monoisotopic (exact) mass is 238 g/mol. The SMILES string of the molecule is CC1CC(C)CC(C2CCNC(C(N)=O)C2)C1. The van der Waals surface area contributed by atoms with Crippen LogP contribution < -0.4 is 11.1 Å². The molecule has 0 aromatic rings. The van der Waals surface area contributed by atoms with Gasteiger partial charge in [-0.15, -0.1) is 0 Å². The van der Waals surface area contributed by atoms with Crippen molar-refractivity contribution in [2.75, 3.05) is 6.54 Å². The number of carbonyl (C=O) groups is 1. The number of piperidine rings is 1. The molecule has 0 radical (unpaired) electrons. The number of nitrogens with one attached hydrogen (secondary N) is 1. The molecule has 1 amide bonds. The summed E-state index contributed by atoms with van der Waals surface area (Å²) in [6, 6.07) is -0.0821. The lowest BCUT2D eigenvalue weighted by Gasteiger charge is -2.40. The minimum absolute atomic E-state index is 0.0821. The second-order valence-corrected chi connectivity index (χ2v) is 6.37. The predicted octanol–water partition coefficient (Wildman–Crippen LogP) is 1.91. The van der Waals surface area contributed by atoms with Crippen LogP contribution in [0, 0.1) is 23.7 Å². The van der Waals surface area contributed by atoms with Gasteiger partial charge in [-0.25, -0.2) is 0 Å². The zero-order valence-electron chi connectivity index (χ0n) is 11.1. The van der Waals surface area contributed by atoms with E-state index in [9.17, 15) is 4.79 Å². The van der Waals surface area contributed by atoms with E-state index in [2.05, 4.69) is 19.2 Å². The molecular weight excluding hydrogens is 212 g/mol. The third-order valence-corrected chi connectivity index (χ3v) is 4.67. The summed E-state index contributed by atoms with van der Waals surface area (Å²) in [6.45, 7) is 5.70. The van der Waals surface area contributed by atoms with Crippen molar-refractivity contribution in [3.05, 3.63) is 0 Å². The van der Waals surface area contributed by atoms with Gasteiger partial charge in [0.1, 0.15) is 0 Å². The molecule has 4 unspecified atom stereocenters. The van der Waals surface area contributed by atoms with Gasteiger partial charge in [0, 0.05) is 0 Å². The van der Waals surface area contributed by atoms with Gasteiger partial charge >= 0.3 is 0 Å². The summed E-state index contributed by atoms with van der Waals surface area (Å²) < 4.78 is 0. The third kappa shape index (κ3) is 3.21. The summed E-state index contributed by atoms with van der Waals surface area (Å²) in [4.78, 5) is 11.3. The second kappa shape index (κ2) is 5.38. The molecule has 2 aliphatic rings. The molecule has 4 atom stereocenters. The van der Waals surface area contributed by atoms with Crippen LogP contribution in [0.15, 0.2) is 0 Å². The summed E-state index contributed by atoms with van der Waals surface area (Å²) in [6.07, 6.45) is 6.25. The van der Waals surface area contributed by atoms with Crippen molar-refractivity contribution in [2.45, 2.75) is 52.0 Å². The molecule has 0 spiro atoms. The largest absolute Gasteiger partial charge is 0.368 e. The zero-order chi connectivity index (χ0) is 12.4. The van der Waals surface area contributed by atoms with Gasteiger partial charge in [-0.3, -0.25) is 4.79 Å². The second-order valence-electron chi connectivity index (χ2n) is 6.37. The fourth-order valence-electron chi connectivity index (χ4n) is 3.99. The molecule has 0 aromatic carbocycles. The minimum atomic E-state index is -0.174. The van der Waals surface area contributed by atoms with E-state index in [-0.39, 0.29) is 11.9 Å². The number of amides is 1. The Bertz CT molecular complexity index is 269. The number of hydrogen-bond donors (Lipinski definition) is 2. The van der Waals surface area contributed by atoms with Gasteiger partial charge in [0.25, 0.3) is 0 Å². The van der Waals surface area contributed by atoms with Crippen LogP contribution in [0.1, 0.15) is 46.0 Å². The van der Waals surface area contributed by atoms with Crippen LogP contribution in [0.25, 0.3) is 0 Å². The highest BCUT2D eigenvalue weighted by atomic mass is 16.1. The van der Waals surface area contributed by atoms with Gasteiger partial charge in [0.05, 0.1) is 6.04 Å². The van der Waals surface area contributed by atoms with Crippen LogP contribution >= 0.6 is 0 Å². The van der Waals surface area contributed by atoms with E-state index >= 15 is 0 Å². The summed E-state index contributed by atoms with van der Waals surface area (Å²) in [7, 11) is 0. The maximum atomic E-state index is 11.3. The van der Waals surface area contributed by atoms with Crippen LogP contribution in [0.4, 0.5) is 0 Å². The van der Waals surface area contributed by atoms with E-state index in [0.29, 0.717) is 5.92 Å². The highest BCUT2D eigenvalue weighted by molar-refractivity contribution is 5.79. The molecule has 0 bridgehead atoms. The Balaban J connectivity index is 1.94. The Hall–Kier alpha value is -0.570. The molecule has 1 aliphatic carbocycles. The van der Waals surface area contributed by atoms with Gasteiger partial charge in [-0.1, -0.05) is 13.8 Å². The van der Waals surface area contributed by atoms with Crippen LogP contribution in [-0.4, -0.2) is 18.5 Å². The van der Waals surface area contributed by atoms with Crippen molar-refractivity contribution < 1.29 is 4.79 Å². The van der Waals surface area contributed by atoms with Crippen molar-refractivity contribution in [1.82, 2.24) is 5.32 Å². The summed E-state index contributed by atoms with van der Waals surface area (Å²) in [5.74, 6) is 3.06. The number of primary amides is 1. The van der Waals surface area contributed by atoms with E-state index in [1.165, 1.54) is 25.7 Å². The van der Waals surface area contributed by atoms with Crippen LogP contribution in [0.5, 0.6) is 0 Å². The molecule has 1 saturated carbocycles. The summed E-state index contributed by atoms with van der Waals surface area (Å²) in [5.41, 5.74) is 5.41. The van der Waals surface area contributed by atoms with E-state index in [4.69, 9.17) is 5.73 Å². The fraction of sp³-hybridized carbons (Fsp3) is 0.929. The Kier molecular flexibility index (Phi) is 4.08. The molecule has 0 aromatic heterocycles. The van der Waals surface area contributed by atoms with Crippen molar-refractivity contribution in [1.29, 1.82) is 0 Å². The maximum Gasteiger partial charge on any atom is 0.234 e. The molecule has 1 saturated heterocycles. The lowest BCUT2D eigenvalue weighted by Crippen LogP contribution is -2.48. The normalized spacial score (nSPS) is 43.3. The van der Waals surface area contributed by atoms with Crippen LogP contribution in [0.3, 0.4) is 0 Å². The molecule has 1 heterocycles. The van der Waals surface area contributed by atoms with Crippen molar-refractivity contribution >= 4 is 5.91 Å². The first-order valence-electron chi connectivity index (χ1n) is 7.09. The maximum absolute atomic E-state index is 11.3. The molecule has 1 aliphatic heterocycles. The lowest BCUT2D eigenvalue weighted by molar-refractivity contribution is -0.121. The molecule has 3 N–H and O–H groups in total. The molecule has 17 heavy (non-hydrogen) atoms. The van der Waals surface area contributed by atoms with Crippen LogP contribution in [-0.2, 0) is 4.79 Å². The smallest absolute Gasteiger partial charge is 0.234 e. The summed E-state index contributed by atoms with van der Waals surface area (Å²) >= 11 is 0. The first-order valence-corrected chi connectivity index (χ1v) is 7.09. The number of nitrogens with two attached hydrogens (primary N) is 1. The Morgan fingerprint density at radius 3 is 2.29 bits per heavy atom. The standard InChI is InChI=1S/C14H26N2O/c1-9-5-10(2)7-12(6-9)11-3-4-16-13(8-11)14(15)17/h9-13,16H,3-8H2,1-2H3,(H2,15,17). The molecule has 3 heteroatoms. The zero-order valence-corrected chi connectivity index (χ0v) is 11.1. The summed E-state index contributed by atoms with van der Waals surface area (Å²) in [5, 5.41) is 3.24. The van der Waals surface area contributed by atoms with Crippen molar-refractivity contribution in [3.8, 4) is 0 Å². The lowest BCUT2D eigenvalue weighted by atomic mass is 9.68. The van der Waals surface area contributed by atoms with E-state index in [1.807, 2.05) is 0 Å². The molecule has 2 fully saturated rings. The quantitative estimate of drug-likeness (QED) is 0.772. The topological polar surface area (TPSA) is 55.1 Å². The van der Waals surface area contributed by atoms with Gasteiger partial charge in [-0.2, -0.15) is 0 Å². The van der Waals surface area contributed by atoms with Gasteiger partial charge in [-0.05, 0) is 62.3 Å². The molecule has 98 valence electrons. The Morgan fingerprint density at radius 2 is 1.71 bits per heavy atom. The Labute approximate surface area is 105 Å². The van der Waals surface area contributed by atoms with Crippen molar-refractivity contribution in [3.63, 3.8) is 0 Å². The first-order chi connectivity index (χ1) is 8.06.